The first-order valence-electron chi connectivity index (χ1n) is 8.55. The lowest BCUT2D eigenvalue weighted by Gasteiger charge is -2.19. The van der Waals surface area contributed by atoms with Crippen molar-refractivity contribution in [1.82, 2.24) is 0 Å². The van der Waals surface area contributed by atoms with E-state index in [9.17, 15) is 14.2 Å². The molecule has 0 amide bonds. The highest BCUT2D eigenvalue weighted by Gasteiger charge is 2.29. The number of esters is 2. The average molecular weight is 428 g/mol. The van der Waals surface area contributed by atoms with Crippen LogP contribution in [-0.4, -0.2) is 45.5 Å². The van der Waals surface area contributed by atoms with E-state index in [1.54, 1.807) is 12.1 Å². The smallest absolute Gasteiger partial charge is 0.497 e. The van der Waals surface area contributed by atoms with Gasteiger partial charge in [0.1, 0.15) is 24.7 Å². The fourth-order valence-corrected chi connectivity index (χ4v) is 2.83. The molecule has 0 saturated carbocycles. The number of phosphoric acid groups is 1. The van der Waals surface area contributed by atoms with Gasteiger partial charge in [0, 0.05) is 11.1 Å². The summed E-state index contributed by atoms with van der Waals surface area (Å²) in [5, 5.41) is 0. The van der Waals surface area contributed by atoms with Crippen LogP contribution in [0.2, 0.25) is 0 Å². The van der Waals surface area contributed by atoms with Gasteiger partial charge in [0.25, 0.3) is 0 Å². The standard InChI is InChI=1S/C19H25O9P/c1-14(2)18(20)24-10-12-26-29(22,27-13-11-25-19(21)15(3)4)28-17-8-6-16(23-5)7-9-17/h6-9H,1,3,10-13H2,2,4-5H3. The molecule has 0 bridgehead atoms. The van der Waals surface area contributed by atoms with Gasteiger partial charge in [-0.15, -0.1) is 0 Å². The molecule has 29 heavy (non-hydrogen) atoms. The zero-order valence-corrected chi connectivity index (χ0v) is 17.6. The van der Waals surface area contributed by atoms with Crippen LogP contribution in [0.25, 0.3) is 0 Å². The van der Waals surface area contributed by atoms with Crippen LogP contribution in [-0.2, 0) is 32.7 Å². The van der Waals surface area contributed by atoms with Gasteiger partial charge in [-0.05, 0) is 38.1 Å². The largest absolute Gasteiger partial charge is 0.530 e. The second-order valence-corrected chi connectivity index (χ2v) is 7.31. The number of methoxy groups -OCH3 is 1. The molecule has 0 fully saturated rings. The summed E-state index contributed by atoms with van der Waals surface area (Å²) in [5.74, 6) is -0.432. The minimum atomic E-state index is -4.10. The molecule has 1 aromatic rings. The molecular formula is C19H25O9P. The van der Waals surface area contributed by atoms with Gasteiger partial charge in [0.2, 0.25) is 0 Å². The van der Waals surface area contributed by atoms with E-state index in [0.29, 0.717) is 5.75 Å². The van der Waals surface area contributed by atoms with E-state index in [1.165, 1.54) is 33.1 Å². The fourth-order valence-electron chi connectivity index (χ4n) is 1.67. The second kappa shape index (κ2) is 12.1. The van der Waals surface area contributed by atoms with Gasteiger partial charge in [0.05, 0.1) is 20.3 Å². The zero-order chi connectivity index (χ0) is 21.9. The van der Waals surface area contributed by atoms with E-state index < -0.39 is 19.8 Å². The van der Waals surface area contributed by atoms with Crippen LogP contribution in [0.4, 0.5) is 0 Å². The Morgan fingerprint density at radius 2 is 1.24 bits per heavy atom. The molecule has 9 nitrogen and oxygen atoms in total. The quantitative estimate of drug-likeness (QED) is 0.202. The predicted molar refractivity (Wildman–Crippen MR) is 105 cm³/mol. The van der Waals surface area contributed by atoms with E-state index in [-0.39, 0.29) is 43.3 Å². The van der Waals surface area contributed by atoms with E-state index in [2.05, 4.69) is 13.2 Å². The first-order valence-corrected chi connectivity index (χ1v) is 10.0. The second-order valence-electron chi connectivity index (χ2n) is 5.71. The molecule has 1 rings (SSSR count). The Balaban J connectivity index is 2.67. The summed E-state index contributed by atoms with van der Waals surface area (Å²) in [6.07, 6.45) is 0. The molecule has 0 heterocycles. The Hall–Kier alpha value is -2.61. The molecule has 0 aromatic heterocycles. The topological polar surface area (TPSA) is 107 Å². The number of rotatable bonds is 13. The molecule has 0 unspecified atom stereocenters. The highest BCUT2D eigenvalue weighted by molar-refractivity contribution is 7.48. The molecule has 0 aliphatic carbocycles. The molecule has 0 aliphatic heterocycles. The molecule has 0 radical (unpaired) electrons. The molecule has 0 aliphatic rings. The van der Waals surface area contributed by atoms with E-state index in [4.69, 9.17) is 27.8 Å². The maximum absolute atomic E-state index is 12.9. The lowest BCUT2D eigenvalue weighted by Crippen LogP contribution is -2.14. The van der Waals surface area contributed by atoms with Crippen molar-refractivity contribution < 1.29 is 41.9 Å². The monoisotopic (exact) mass is 428 g/mol. The van der Waals surface area contributed by atoms with Crippen molar-refractivity contribution in [3.8, 4) is 11.5 Å². The van der Waals surface area contributed by atoms with Crippen LogP contribution < -0.4 is 9.26 Å². The summed E-state index contributed by atoms with van der Waals surface area (Å²) in [4.78, 5) is 22.7. The highest BCUT2D eigenvalue weighted by Crippen LogP contribution is 2.49. The third kappa shape index (κ3) is 9.43. The third-order valence-electron chi connectivity index (χ3n) is 3.11. The SMILES string of the molecule is C=C(C)C(=O)OCCOP(=O)(OCCOC(=O)C(=C)C)Oc1ccc(OC)cc1. The average Bonchev–Trinajstić information content (AvgIpc) is 2.68. The Kier molecular flexibility index (Phi) is 10.2. The van der Waals surface area contributed by atoms with Crippen LogP contribution >= 0.6 is 7.82 Å². The molecule has 0 saturated heterocycles. The Bertz CT molecular complexity index is 732. The Morgan fingerprint density at radius 1 is 0.828 bits per heavy atom. The fraction of sp³-hybridized carbons (Fsp3) is 0.368. The summed E-state index contributed by atoms with van der Waals surface area (Å²) in [7, 11) is -2.59. The molecule has 1 aromatic carbocycles. The van der Waals surface area contributed by atoms with Crippen molar-refractivity contribution >= 4 is 19.8 Å². The number of ether oxygens (including phenoxy) is 3. The third-order valence-corrected chi connectivity index (χ3v) is 4.54. The molecule has 0 atom stereocenters. The number of benzene rings is 1. The summed E-state index contributed by atoms with van der Waals surface area (Å²) >= 11 is 0. The van der Waals surface area contributed by atoms with Crippen molar-refractivity contribution in [2.24, 2.45) is 0 Å². The zero-order valence-electron chi connectivity index (χ0n) is 16.7. The summed E-state index contributed by atoms with van der Waals surface area (Å²) in [5.41, 5.74) is 0.441. The minimum absolute atomic E-state index is 0.185. The summed E-state index contributed by atoms with van der Waals surface area (Å²) in [6.45, 7) is 9.02. The number of carbonyl (C=O) groups is 2. The number of hydrogen-bond donors (Lipinski definition) is 0. The van der Waals surface area contributed by atoms with Crippen molar-refractivity contribution in [2.75, 3.05) is 33.5 Å². The van der Waals surface area contributed by atoms with Crippen molar-refractivity contribution in [3.63, 3.8) is 0 Å². The Labute approximate surface area is 169 Å². The van der Waals surface area contributed by atoms with Gasteiger partial charge in [-0.25, -0.2) is 14.2 Å². The van der Waals surface area contributed by atoms with Gasteiger partial charge in [-0.1, -0.05) is 13.2 Å². The van der Waals surface area contributed by atoms with Crippen LogP contribution in [0.3, 0.4) is 0 Å². The van der Waals surface area contributed by atoms with Gasteiger partial charge < -0.3 is 18.7 Å². The first-order chi connectivity index (χ1) is 13.7. The number of hydrogen-bond acceptors (Lipinski definition) is 9. The molecule has 0 spiro atoms. The predicted octanol–water partition coefficient (Wildman–Crippen LogP) is 3.45. The van der Waals surface area contributed by atoms with Crippen molar-refractivity contribution in [3.05, 3.63) is 48.6 Å². The van der Waals surface area contributed by atoms with Gasteiger partial charge in [-0.2, -0.15) is 0 Å². The molecule has 160 valence electrons. The molecular weight excluding hydrogens is 403 g/mol. The van der Waals surface area contributed by atoms with Crippen LogP contribution in [0.15, 0.2) is 48.6 Å². The van der Waals surface area contributed by atoms with E-state index in [1.807, 2.05) is 0 Å². The van der Waals surface area contributed by atoms with E-state index in [0.717, 1.165) is 0 Å². The lowest BCUT2D eigenvalue weighted by atomic mass is 10.3. The van der Waals surface area contributed by atoms with Crippen molar-refractivity contribution in [1.29, 1.82) is 0 Å². The van der Waals surface area contributed by atoms with Crippen LogP contribution in [0.5, 0.6) is 11.5 Å². The molecule has 10 heteroatoms. The lowest BCUT2D eigenvalue weighted by molar-refractivity contribution is -0.140. The minimum Gasteiger partial charge on any atom is -0.497 e. The van der Waals surface area contributed by atoms with Crippen molar-refractivity contribution in [2.45, 2.75) is 13.8 Å². The normalized spacial score (nSPS) is 10.7. The van der Waals surface area contributed by atoms with Gasteiger partial charge >= 0.3 is 19.8 Å². The van der Waals surface area contributed by atoms with Crippen LogP contribution in [0, 0.1) is 0 Å². The highest BCUT2D eigenvalue weighted by atomic mass is 31.2. The number of phosphoric ester groups is 1. The van der Waals surface area contributed by atoms with Gasteiger partial charge in [-0.3, -0.25) is 9.05 Å². The first kappa shape index (κ1) is 24.4. The Morgan fingerprint density at radius 3 is 1.62 bits per heavy atom. The van der Waals surface area contributed by atoms with Crippen LogP contribution in [0.1, 0.15) is 13.8 Å². The maximum Gasteiger partial charge on any atom is 0.530 e. The number of carbonyl (C=O) groups excluding carboxylic acids is 2. The molecule has 0 N–H and O–H groups in total. The van der Waals surface area contributed by atoms with Gasteiger partial charge in [0.15, 0.2) is 0 Å². The summed E-state index contributed by atoms with van der Waals surface area (Å²) < 4.78 is 43.4. The maximum atomic E-state index is 12.9. The van der Waals surface area contributed by atoms with E-state index >= 15 is 0 Å². The summed E-state index contributed by atoms with van der Waals surface area (Å²) in [6, 6.07) is 6.23.